The zero-order valence-electron chi connectivity index (χ0n) is 13.3. The summed E-state index contributed by atoms with van der Waals surface area (Å²) in [6, 6.07) is 10.3. The Kier molecular flexibility index (Phi) is 4.51. The van der Waals surface area contributed by atoms with Crippen molar-refractivity contribution in [3.63, 3.8) is 0 Å². The quantitative estimate of drug-likeness (QED) is 0.858. The fourth-order valence-electron chi connectivity index (χ4n) is 2.84. The zero-order valence-corrected chi connectivity index (χ0v) is 13.3. The van der Waals surface area contributed by atoms with Crippen LogP contribution < -0.4 is 14.5 Å². The van der Waals surface area contributed by atoms with Crippen LogP contribution in [-0.4, -0.2) is 38.3 Å². The Labute approximate surface area is 138 Å². The van der Waals surface area contributed by atoms with Crippen molar-refractivity contribution in [2.45, 2.75) is 6.18 Å². The molecule has 0 radical (unpaired) electrons. The lowest BCUT2D eigenvalue weighted by atomic mass is 10.2. The molecule has 1 aliphatic heterocycles. The van der Waals surface area contributed by atoms with Gasteiger partial charge in [0.15, 0.2) is 0 Å². The topological polar surface area (TPSA) is 28.6 Å². The normalized spacial score (nSPS) is 15.5. The highest BCUT2D eigenvalue weighted by atomic mass is 19.4. The summed E-state index contributed by atoms with van der Waals surface area (Å²) in [6.45, 7) is 2.96. The predicted molar refractivity (Wildman–Crippen MR) is 86.7 cm³/mol. The molecule has 1 fully saturated rings. The van der Waals surface area contributed by atoms with E-state index in [-0.39, 0.29) is 0 Å². The third-order valence-electron chi connectivity index (χ3n) is 4.11. The minimum atomic E-state index is -4.40. The van der Waals surface area contributed by atoms with Gasteiger partial charge in [0, 0.05) is 26.2 Å². The van der Waals surface area contributed by atoms with Crippen molar-refractivity contribution in [2.75, 3.05) is 43.1 Å². The molecule has 128 valence electrons. The third-order valence-corrected chi connectivity index (χ3v) is 4.11. The van der Waals surface area contributed by atoms with Crippen LogP contribution in [0.3, 0.4) is 0 Å². The fourth-order valence-corrected chi connectivity index (χ4v) is 2.84. The Bertz CT molecular complexity index is 680. The lowest BCUT2D eigenvalue weighted by Crippen LogP contribution is -2.46. The van der Waals surface area contributed by atoms with Crippen molar-refractivity contribution >= 4 is 11.4 Å². The van der Waals surface area contributed by atoms with Gasteiger partial charge >= 0.3 is 6.18 Å². The van der Waals surface area contributed by atoms with Crippen LogP contribution in [0.25, 0.3) is 0 Å². The summed E-state index contributed by atoms with van der Waals surface area (Å²) >= 11 is 0. The number of anilines is 2. The summed E-state index contributed by atoms with van der Waals surface area (Å²) in [7, 11) is 1.64. The first-order chi connectivity index (χ1) is 11.5. The second kappa shape index (κ2) is 6.59. The van der Waals surface area contributed by atoms with E-state index in [1.807, 2.05) is 29.2 Å². The van der Waals surface area contributed by atoms with Gasteiger partial charge in [0.1, 0.15) is 11.4 Å². The Morgan fingerprint density at radius 1 is 0.958 bits per heavy atom. The monoisotopic (exact) mass is 337 g/mol. The largest absolute Gasteiger partial charge is 0.495 e. The van der Waals surface area contributed by atoms with Crippen LogP contribution >= 0.6 is 0 Å². The van der Waals surface area contributed by atoms with Gasteiger partial charge in [-0.15, -0.1) is 0 Å². The van der Waals surface area contributed by atoms with E-state index < -0.39 is 11.9 Å². The van der Waals surface area contributed by atoms with Crippen molar-refractivity contribution in [3.8, 4) is 5.75 Å². The van der Waals surface area contributed by atoms with Crippen molar-refractivity contribution < 1.29 is 17.9 Å². The maximum absolute atomic E-state index is 12.6. The van der Waals surface area contributed by atoms with Gasteiger partial charge in [0.2, 0.25) is 0 Å². The minimum Gasteiger partial charge on any atom is -0.495 e. The summed E-state index contributed by atoms with van der Waals surface area (Å²) < 4.78 is 43.1. The van der Waals surface area contributed by atoms with Gasteiger partial charge in [-0.1, -0.05) is 12.1 Å². The van der Waals surface area contributed by atoms with Gasteiger partial charge < -0.3 is 14.5 Å². The number of piperazine rings is 1. The van der Waals surface area contributed by atoms with Crippen molar-refractivity contribution in [3.05, 3.63) is 48.3 Å². The second-order valence-electron chi connectivity index (χ2n) is 5.55. The van der Waals surface area contributed by atoms with Crippen LogP contribution in [0.4, 0.5) is 24.5 Å². The number of para-hydroxylation sites is 2. The molecule has 0 bridgehead atoms. The van der Waals surface area contributed by atoms with E-state index in [2.05, 4.69) is 9.88 Å². The molecule has 0 amide bonds. The van der Waals surface area contributed by atoms with Gasteiger partial charge in [-0.25, -0.2) is 4.98 Å². The van der Waals surface area contributed by atoms with E-state index >= 15 is 0 Å². The predicted octanol–water partition coefficient (Wildman–Crippen LogP) is 3.44. The molecule has 2 heterocycles. The third kappa shape index (κ3) is 3.39. The zero-order chi connectivity index (χ0) is 17.2. The van der Waals surface area contributed by atoms with Gasteiger partial charge in [0.05, 0.1) is 24.7 Å². The molecule has 0 atom stereocenters. The Morgan fingerprint density at radius 2 is 1.62 bits per heavy atom. The summed E-state index contributed by atoms with van der Waals surface area (Å²) in [5, 5.41) is 0. The summed E-state index contributed by atoms with van der Waals surface area (Å²) in [6.07, 6.45) is -3.11. The Balaban J connectivity index is 1.67. The van der Waals surface area contributed by atoms with Crippen molar-refractivity contribution in [2.24, 2.45) is 0 Å². The fraction of sp³-hybridized carbons (Fsp3) is 0.353. The molecule has 0 N–H and O–H groups in total. The minimum absolute atomic E-state index is 0.711. The maximum atomic E-state index is 12.6. The number of rotatable bonds is 3. The van der Waals surface area contributed by atoms with Crippen LogP contribution in [0.1, 0.15) is 5.69 Å². The second-order valence-corrected chi connectivity index (χ2v) is 5.55. The first-order valence-corrected chi connectivity index (χ1v) is 7.65. The smallest absolute Gasteiger partial charge is 0.433 e. The Hall–Kier alpha value is -2.44. The van der Waals surface area contributed by atoms with Gasteiger partial charge in [-0.2, -0.15) is 13.2 Å². The number of pyridine rings is 1. The molecule has 0 spiro atoms. The van der Waals surface area contributed by atoms with E-state index in [0.717, 1.165) is 30.6 Å². The van der Waals surface area contributed by atoms with Crippen molar-refractivity contribution in [1.82, 2.24) is 4.98 Å². The highest BCUT2D eigenvalue weighted by Gasteiger charge is 2.32. The molecule has 2 aromatic rings. The molecule has 7 heteroatoms. The van der Waals surface area contributed by atoms with E-state index in [1.54, 1.807) is 7.11 Å². The Morgan fingerprint density at radius 3 is 2.21 bits per heavy atom. The molecule has 0 saturated carbocycles. The van der Waals surface area contributed by atoms with Crippen LogP contribution in [0.15, 0.2) is 42.6 Å². The van der Waals surface area contributed by atoms with Gasteiger partial charge in [0.25, 0.3) is 0 Å². The number of hydrogen-bond acceptors (Lipinski definition) is 4. The number of alkyl halides is 3. The SMILES string of the molecule is COc1ccccc1N1CCN(c2ccc(C(F)(F)F)nc2)CC1. The average molecular weight is 337 g/mol. The molecular formula is C17H18F3N3O. The van der Waals surface area contributed by atoms with Crippen molar-refractivity contribution in [1.29, 1.82) is 0 Å². The average Bonchev–Trinajstić information content (AvgIpc) is 2.61. The summed E-state index contributed by atoms with van der Waals surface area (Å²) in [5.41, 5.74) is 0.881. The first-order valence-electron chi connectivity index (χ1n) is 7.65. The number of ether oxygens (including phenoxy) is 1. The number of benzene rings is 1. The molecule has 1 aliphatic rings. The molecule has 4 nitrogen and oxygen atoms in total. The molecule has 0 unspecified atom stereocenters. The lowest BCUT2D eigenvalue weighted by Gasteiger charge is -2.37. The van der Waals surface area contributed by atoms with E-state index in [9.17, 15) is 13.2 Å². The lowest BCUT2D eigenvalue weighted by molar-refractivity contribution is -0.141. The molecule has 0 aliphatic carbocycles. The highest BCUT2D eigenvalue weighted by molar-refractivity contribution is 5.59. The summed E-state index contributed by atoms with van der Waals surface area (Å²) in [5.74, 6) is 0.821. The molecule has 1 aromatic carbocycles. The van der Waals surface area contributed by atoms with Gasteiger partial charge in [-0.3, -0.25) is 0 Å². The maximum Gasteiger partial charge on any atom is 0.433 e. The van der Waals surface area contributed by atoms with Crippen LogP contribution in [0.2, 0.25) is 0 Å². The van der Waals surface area contributed by atoms with Gasteiger partial charge in [-0.05, 0) is 24.3 Å². The first kappa shape index (κ1) is 16.4. The van der Waals surface area contributed by atoms with Crippen LogP contribution in [0.5, 0.6) is 5.75 Å². The van der Waals surface area contributed by atoms with E-state index in [1.165, 1.54) is 12.3 Å². The number of hydrogen-bond donors (Lipinski definition) is 0. The number of nitrogens with zero attached hydrogens (tertiary/aromatic N) is 3. The molecule has 24 heavy (non-hydrogen) atoms. The summed E-state index contributed by atoms with van der Waals surface area (Å²) in [4.78, 5) is 7.79. The highest BCUT2D eigenvalue weighted by Crippen LogP contribution is 2.30. The van der Waals surface area contributed by atoms with E-state index in [0.29, 0.717) is 18.8 Å². The number of halogens is 3. The van der Waals surface area contributed by atoms with Crippen LogP contribution in [-0.2, 0) is 6.18 Å². The molecule has 1 saturated heterocycles. The molecular weight excluding hydrogens is 319 g/mol. The number of aromatic nitrogens is 1. The van der Waals surface area contributed by atoms with E-state index in [4.69, 9.17) is 4.74 Å². The standard InChI is InChI=1S/C17H18F3N3O/c1-24-15-5-3-2-4-14(15)23-10-8-22(9-11-23)13-6-7-16(21-12-13)17(18,19)20/h2-7,12H,8-11H2,1H3. The van der Waals surface area contributed by atoms with Crippen LogP contribution in [0, 0.1) is 0 Å². The molecule has 1 aromatic heterocycles. The molecule has 3 rings (SSSR count). The number of methoxy groups -OCH3 is 1.